The van der Waals surface area contributed by atoms with Crippen LogP contribution in [0.25, 0.3) is 11.3 Å². The molecule has 2 aromatic heterocycles. The van der Waals surface area contributed by atoms with Gasteiger partial charge in [0.15, 0.2) is 5.76 Å². The van der Waals surface area contributed by atoms with Crippen LogP contribution in [0.15, 0.2) is 53.2 Å². The monoisotopic (exact) mass is 568 g/mol. The van der Waals surface area contributed by atoms with Crippen LogP contribution in [0.2, 0.25) is 0 Å². The minimum absolute atomic E-state index is 0.0702. The topological polar surface area (TPSA) is 95.3 Å². The molecular formula is C30H35F3N6O2. The number of halogens is 3. The van der Waals surface area contributed by atoms with E-state index in [1.165, 1.54) is 12.3 Å². The number of hydrogen-bond donors (Lipinski definition) is 3. The zero-order chi connectivity index (χ0) is 28.4. The first-order valence-electron chi connectivity index (χ1n) is 14.5. The van der Waals surface area contributed by atoms with Gasteiger partial charge in [-0.3, -0.25) is 4.79 Å². The van der Waals surface area contributed by atoms with Crippen LogP contribution in [-0.4, -0.2) is 53.1 Å². The van der Waals surface area contributed by atoms with Crippen LogP contribution in [-0.2, 0) is 6.18 Å². The number of carbonyl (C=O) groups is 1. The smallest absolute Gasteiger partial charge is 0.424 e. The minimum Gasteiger partial charge on any atom is -0.424 e. The van der Waals surface area contributed by atoms with Gasteiger partial charge in [0.2, 0.25) is 0 Å². The molecule has 218 valence electrons. The van der Waals surface area contributed by atoms with E-state index in [1.54, 1.807) is 12.3 Å². The average molecular weight is 569 g/mol. The van der Waals surface area contributed by atoms with Gasteiger partial charge in [-0.2, -0.15) is 13.2 Å². The molecule has 41 heavy (non-hydrogen) atoms. The van der Waals surface area contributed by atoms with E-state index in [4.69, 9.17) is 4.42 Å². The molecule has 3 unspecified atom stereocenters. The van der Waals surface area contributed by atoms with Gasteiger partial charge in [-0.05, 0) is 62.8 Å². The van der Waals surface area contributed by atoms with Crippen molar-refractivity contribution in [3.8, 4) is 11.3 Å². The molecular weight excluding hydrogens is 533 g/mol. The number of pyridine rings is 1. The van der Waals surface area contributed by atoms with Crippen molar-refractivity contribution < 1.29 is 22.4 Å². The summed E-state index contributed by atoms with van der Waals surface area (Å²) in [6, 6.07) is 11.3. The Kier molecular flexibility index (Phi) is 7.88. The fraction of sp³-hybridized carbons (Fsp3) is 0.500. The highest BCUT2D eigenvalue weighted by molar-refractivity contribution is 5.95. The normalized spacial score (nSPS) is 23.3. The Labute approximate surface area is 237 Å². The quantitative estimate of drug-likeness (QED) is 0.324. The number of hydrogen-bond acceptors (Lipinski definition) is 7. The number of rotatable bonds is 8. The largest absolute Gasteiger partial charge is 0.433 e. The van der Waals surface area contributed by atoms with E-state index in [1.807, 2.05) is 18.2 Å². The third kappa shape index (κ3) is 6.83. The maximum absolute atomic E-state index is 12.9. The van der Waals surface area contributed by atoms with Gasteiger partial charge in [0.25, 0.3) is 11.9 Å². The number of carbonyl (C=O) groups excluding carboxylic acids is 1. The van der Waals surface area contributed by atoms with Gasteiger partial charge in [-0.25, -0.2) is 9.97 Å². The molecule has 8 nitrogen and oxygen atoms in total. The van der Waals surface area contributed by atoms with Crippen LogP contribution in [0.3, 0.4) is 0 Å². The molecule has 0 radical (unpaired) electrons. The van der Waals surface area contributed by atoms with Gasteiger partial charge in [0, 0.05) is 48.4 Å². The van der Waals surface area contributed by atoms with Gasteiger partial charge in [-0.1, -0.05) is 25.0 Å². The molecule has 1 aromatic carbocycles. The summed E-state index contributed by atoms with van der Waals surface area (Å²) >= 11 is 0. The van der Waals surface area contributed by atoms with Crippen LogP contribution >= 0.6 is 0 Å². The number of aromatic nitrogens is 2. The first kappa shape index (κ1) is 27.6. The molecule has 1 amide bonds. The van der Waals surface area contributed by atoms with Gasteiger partial charge in [0.05, 0.1) is 18.1 Å². The van der Waals surface area contributed by atoms with Crippen LogP contribution < -0.4 is 20.9 Å². The number of piperidine rings is 1. The van der Waals surface area contributed by atoms with Gasteiger partial charge in [0.1, 0.15) is 5.69 Å². The fourth-order valence-corrected chi connectivity index (χ4v) is 5.84. The highest BCUT2D eigenvalue weighted by atomic mass is 19.4. The number of benzene rings is 1. The molecule has 2 aliphatic carbocycles. The summed E-state index contributed by atoms with van der Waals surface area (Å²) in [6.45, 7) is 1.50. The number of oxazole rings is 1. The zero-order valence-corrected chi connectivity index (χ0v) is 22.8. The summed E-state index contributed by atoms with van der Waals surface area (Å²) in [4.78, 5) is 22.7. The summed E-state index contributed by atoms with van der Waals surface area (Å²) in [7, 11) is 0. The lowest BCUT2D eigenvalue weighted by molar-refractivity contribution is -0.141. The molecule has 11 heteroatoms. The second-order valence-electron chi connectivity index (χ2n) is 11.4. The van der Waals surface area contributed by atoms with Crippen molar-refractivity contribution in [1.29, 1.82) is 0 Å². The van der Waals surface area contributed by atoms with Crippen LogP contribution in [0.5, 0.6) is 0 Å². The van der Waals surface area contributed by atoms with Crippen molar-refractivity contribution in [1.82, 2.24) is 20.6 Å². The molecule has 1 saturated heterocycles. The zero-order valence-electron chi connectivity index (χ0n) is 22.8. The van der Waals surface area contributed by atoms with Gasteiger partial charge in [-0.15, -0.1) is 0 Å². The van der Waals surface area contributed by atoms with Crippen molar-refractivity contribution in [3.63, 3.8) is 0 Å². The van der Waals surface area contributed by atoms with Crippen molar-refractivity contribution in [2.75, 3.05) is 23.3 Å². The number of nitrogens with zero attached hydrogens (tertiary/aromatic N) is 3. The lowest BCUT2D eigenvalue weighted by Gasteiger charge is -2.40. The van der Waals surface area contributed by atoms with E-state index < -0.39 is 11.9 Å². The predicted octanol–water partition coefficient (Wildman–Crippen LogP) is 5.63. The molecule has 2 saturated carbocycles. The maximum Gasteiger partial charge on any atom is 0.433 e. The Hall–Kier alpha value is -3.60. The number of anilines is 2. The summed E-state index contributed by atoms with van der Waals surface area (Å²) in [5, 5.41) is 10.3. The predicted molar refractivity (Wildman–Crippen MR) is 150 cm³/mol. The Balaban J connectivity index is 1.07. The van der Waals surface area contributed by atoms with E-state index in [9.17, 15) is 18.0 Å². The van der Waals surface area contributed by atoms with Crippen molar-refractivity contribution >= 4 is 17.6 Å². The van der Waals surface area contributed by atoms with Gasteiger partial charge < -0.3 is 25.3 Å². The van der Waals surface area contributed by atoms with Crippen LogP contribution in [0.1, 0.15) is 67.4 Å². The fourth-order valence-electron chi connectivity index (χ4n) is 5.84. The lowest BCUT2D eigenvalue weighted by Crippen LogP contribution is -2.54. The number of amides is 1. The standard InChI is InChI=1S/C30H35F3N6O2/c31-30(32,33)27-13-12-23(16-34-27)39-14-4-7-22(18-39)36-24-8-1-2-9-25(24)38-29-35-17-26(41-29)19-5-3-6-20(15-19)28(40)37-21-10-11-21/h3,5-6,12-13,15-17,21-22,24-25,36H,1-2,4,7-11,14,18H2,(H,35,38)(H,37,40). The second-order valence-corrected chi connectivity index (χ2v) is 11.4. The Bertz CT molecular complexity index is 1340. The first-order chi connectivity index (χ1) is 19.8. The second kappa shape index (κ2) is 11.7. The first-order valence-corrected chi connectivity index (χ1v) is 14.5. The summed E-state index contributed by atoms with van der Waals surface area (Å²) < 4.78 is 44.9. The van der Waals surface area contributed by atoms with E-state index >= 15 is 0 Å². The third-order valence-corrected chi connectivity index (χ3v) is 8.18. The van der Waals surface area contributed by atoms with E-state index in [0.29, 0.717) is 35.6 Å². The summed E-state index contributed by atoms with van der Waals surface area (Å²) in [5.74, 6) is 0.529. The molecule has 0 bridgehead atoms. The highest BCUT2D eigenvalue weighted by Crippen LogP contribution is 2.30. The molecule has 1 aliphatic heterocycles. The van der Waals surface area contributed by atoms with Gasteiger partial charge >= 0.3 is 6.18 Å². The Morgan fingerprint density at radius 3 is 2.51 bits per heavy atom. The average Bonchev–Trinajstić information content (AvgIpc) is 3.67. The summed E-state index contributed by atoms with van der Waals surface area (Å²) in [6.07, 6.45) is 6.82. The van der Waals surface area contributed by atoms with E-state index in [-0.39, 0.29) is 24.0 Å². The molecule has 3 atom stereocenters. The van der Waals surface area contributed by atoms with Crippen molar-refractivity contribution in [2.45, 2.75) is 81.7 Å². The molecule has 3 fully saturated rings. The Morgan fingerprint density at radius 1 is 0.927 bits per heavy atom. The molecule has 6 rings (SSSR count). The molecule has 3 aromatic rings. The molecule has 3 heterocycles. The van der Waals surface area contributed by atoms with Crippen LogP contribution in [0.4, 0.5) is 24.9 Å². The van der Waals surface area contributed by atoms with Crippen LogP contribution in [0, 0.1) is 0 Å². The van der Waals surface area contributed by atoms with E-state index in [2.05, 4.69) is 30.8 Å². The lowest BCUT2D eigenvalue weighted by atomic mass is 9.89. The van der Waals surface area contributed by atoms with Crippen molar-refractivity contribution in [3.05, 3.63) is 60.0 Å². The Morgan fingerprint density at radius 2 is 1.76 bits per heavy atom. The van der Waals surface area contributed by atoms with Crippen molar-refractivity contribution in [2.24, 2.45) is 0 Å². The number of nitrogens with one attached hydrogen (secondary N) is 3. The maximum atomic E-state index is 12.9. The SMILES string of the molecule is O=C(NC1CC1)c1cccc(-c2cnc(NC3CCCCC3NC3CCCN(c4ccc(C(F)(F)F)nc4)C3)o2)c1. The molecule has 3 aliphatic rings. The minimum atomic E-state index is -4.44. The molecule has 3 N–H and O–H groups in total. The van der Waals surface area contributed by atoms with E-state index in [0.717, 1.165) is 69.5 Å². The number of alkyl halides is 3. The molecule has 0 spiro atoms. The third-order valence-electron chi connectivity index (χ3n) is 8.18. The highest BCUT2D eigenvalue weighted by Gasteiger charge is 2.33. The summed E-state index contributed by atoms with van der Waals surface area (Å²) in [5.41, 5.74) is 1.24.